The van der Waals surface area contributed by atoms with E-state index in [9.17, 15) is 9.59 Å². The van der Waals surface area contributed by atoms with Crippen molar-refractivity contribution in [3.8, 4) is 17.2 Å². The zero-order valence-electron chi connectivity index (χ0n) is 17.9. The van der Waals surface area contributed by atoms with Crippen LogP contribution in [-0.4, -0.2) is 35.4 Å². The topological polar surface area (TPSA) is 82.5 Å². The molecule has 1 amide bonds. The first-order valence-corrected chi connectivity index (χ1v) is 11.7. The van der Waals surface area contributed by atoms with Gasteiger partial charge in [0.15, 0.2) is 5.16 Å². The molecule has 0 bridgehead atoms. The highest BCUT2D eigenvalue weighted by Crippen LogP contribution is 2.27. The summed E-state index contributed by atoms with van der Waals surface area (Å²) in [6.07, 6.45) is 0. The fraction of sp³-hybridized carbons (Fsp3) is 0.125. The predicted molar refractivity (Wildman–Crippen MR) is 134 cm³/mol. The number of nitrogens with zero attached hydrogens (tertiary/aromatic N) is 2. The Hall–Kier alpha value is -3.30. The first kappa shape index (κ1) is 22.9. The van der Waals surface area contributed by atoms with Crippen molar-refractivity contribution in [2.45, 2.75) is 5.16 Å². The van der Waals surface area contributed by atoms with E-state index in [2.05, 4.69) is 26.2 Å². The van der Waals surface area contributed by atoms with Crippen LogP contribution in [0.25, 0.3) is 16.6 Å². The Balaban J connectivity index is 1.63. The van der Waals surface area contributed by atoms with E-state index in [1.807, 2.05) is 30.3 Å². The molecule has 0 radical (unpaired) electrons. The quantitative estimate of drug-likeness (QED) is 0.273. The average molecular weight is 526 g/mol. The summed E-state index contributed by atoms with van der Waals surface area (Å²) in [6.45, 7) is 0. The van der Waals surface area contributed by atoms with Crippen LogP contribution in [0.4, 0.5) is 5.69 Å². The zero-order valence-corrected chi connectivity index (χ0v) is 20.3. The molecule has 4 aromatic rings. The Labute approximate surface area is 202 Å². The normalized spacial score (nSPS) is 10.8. The molecule has 168 valence electrons. The second kappa shape index (κ2) is 10.1. The van der Waals surface area contributed by atoms with Gasteiger partial charge in [0.1, 0.15) is 11.5 Å². The van der Waals surface area contributed by atoms with E-state index in [0.29, 0.717) is 38.9 Å². The Kier molecular flexibility index (Phi) is 7.00. The number of anilines is 1. The first-order chi connectivity index (χ1) is 16.0. The van der Waals surface area contributed by atoms with E-state index in [0.717, 1.165) is 4.47 Å². The van der Waals surface area contributed by atoms with Crippen LogP contribution in [0.15, 0.2) is 81.2 Å². The maximum atomic E-state index is 13.3. The SMILES string of the molecule is COc1cc(NC(=O)CSc2nc3ccccc3c(=O)n2-c2ccc(Br)cc2)cc(OC)c1. The highest BCUT2D eigenvalue weighted by atomic mass is 79.9. The van der Waals surface area contributed by atoms with Gasteiger partial charge < -0.3 is 14.8 Å². The summed E-state index contributed by atoms with van der Waals surface area (Å²) in [4.78, 5) is 30.6. The number of amides is 1. The van der Waals surface area contributed by atoms with E-state index in [1.54, 1.807) is 50.6 Å². The van der Waals surface area contributed by atoms with Gasteiger partial charge in [-0.15, -0.1) is 0 Å². The van der Waals surface area contributed by atoms with E-state index in [1.165, 1.54) is 16.3 Å². The Morgan fingerprint density at radius 2 is 1.70 bits per heavy atom. The van der Waals surface area contributed by atoms with Crippen LogP contribution in [0.1, 0.15) is 0 Å². The molecule has 0 fully saturated rings. The number of rotatable bonds is 7. The van der Waals surface area contributed by atoms with Crippen molar-refractivity contribution in [3.63, 3.8) is 0 Å². The summed E-state index contributed by atoms with van der Waals surface area (Å²) in [5.74, 6) is 0.941. The molecule has 0 unspecified atom stereocenters. The summed E-state index contributed by atoms with van der Waals surface area (Å²) in [7, 11) is 3.09. The molecule has 0 atom stereocenters. The molecule has 1 N–H and O–H groups in total. The molecule has 0 aliphatic heterocycles. The van der Waals surface area contributed by atoms with Gasteiger partial charge in [0.25, 0.3) is 5.56 Å². The number of halogens is 1. The van der Waals surface area contributed by atoms with Crippen LogP contribution >= 0.6 is 27.7 Å². The number of nitrogens with one attached hydrogen (secondary N) is 1. The minimum atomic E-state index is -0.250. The molecule has 9 heteroatoms. The third-order valence-corrected chi connectivity index (χ3v) is 6.26. The number of hydrogen-bond donors (Lipinski definition) is 1. The van der Waals surface area contributed by atoms with Crippen LogP contribution in [-0.2, 0) is 4.79 Å². The van der Waals surface area contributed by atoms with Crippen molar-refractivity contribution < 1.29 is 14.3 Å². The molecule has 4 rings (SSSR count). The van der Waals surface area contributed by atoms with Gasteiger partial charge in [0.05, 0.1) is 36.6 Å². The highest BCUT2D eigenvalue weighted by Gasteiger charge is 2.15. The lowest BCUT2D eigenvalue weighted by molar-refractivity contribution is -0.113. The van der Waals surface area contributed by atoms with Gasteiger partial charge in [-0.05, 0) is 36.4 Å². The number of benzene rings is 3. The van der Waals surface area contributed by atoms with E-state index < -0.39 is 0 Å². The second-order valence-corrected chi connectivity index (χ2v) is 8.82. The molecule has 0 aliphatic rings. The first-order valence-electron chi connectivity index (χ1n) is 9.92. The lowest BCUT2D eigenvalue weighted by Crippen LogP contribution is -2.23. The van der Waals surface area contributed by atoms with Crippen molar-refractivity contribution in [2.24, 2.45) is 0 Å². The Morgan fingerprint density at radius 3 is 2.36 bits per heavy atom. The third kappa shape index (κ3) is 5.20. The maximum absolute atomic E-state index is 13.3. The van der Waals surface area contributed by atoms with Gasteiger partial charge >= 0.3 is 0 Å². The van der Waals surface area contributed by atoms with Crippen LogP contribution in [0, 0.1) is 0 Å². The standard InChI is InChI=1S/C24H20BrN3O4S/c1-31-18-11-16(12-19(13-18)32-2)26-22(29)14-33-24-27-21-6-4-3-5-20(21)23(30)28(24)17-9-7-15(25)8-10-17/h3-13H,14H2,1-2H3,(H,26,29). The molecule has 1 heterocycles. The summed E-state index contributed by atoms with van der Waals surface area (Å²) >= 11 is 4.61. The molecule has 33 heavy (non-hydrogen) atoms. The number of thioether (sulfide) groups is 1. The van der Waals surface area contributed by atoms with Crippen LogP contribution < -0.4 is 20.3 Å². The van der Waals surface area contributed by atoms with Crippen LogP contribution in [0.2, 0.25) is 0 Å². The third-order valence-electron chi connectivity index (χ3n) is 4.80. The summed E-state index contributed by atoms with van der Waals surface area (Å²) in [5.41, 5.74) is 1.61. The molecule has 0 aliphatic carbocycles. The molecule has 0 saturated heterocycles. The number of methoxy groups -OCH3 is 2. The summed E-state index contributed by atoms with van der Waals surface area (Å²) in [6, 6.07) is 19.7. The van der Waals surface area contributed by atoms with Crippen molar-refractivity contribution in [1.82, 2.24) is 9.55 Å². The van der Waals surface area contributed by atoms with Gasteiger partial charge in [-0.2, -0.15) is 0 Å². The number of hydrogen-bond acceptors (Lipinski definition) is 6. The summed E-state index contributed by atoms with van der Waals surface area (Å²) in [5, 5.41) is 3.78. The molecule has 3 aromatic carbocycles. The van der Waals surface area contributed by atoms with Gasteiger partial charge in [0, 0.05) is 28.4 Å². The number of fused-ring (bicyclic) bond motifs is 1. The number of aromatic nitrogens is 2. The van der Waals surface area contributed by atoms with Crippen molar-refractivity contribution in [3.05, 3.63) is 81.6 Å². The Morgan fingerprint density at radius 1 is 1.03 bits per heavy atom. The van der Waals surface area contributed by atoms with E-state index in [-0.39, 0.29) is 17.2 Å². The fourth-order valence-corrected chi connectivity index (χ4v) is 4.31. The molecular weight excluding hydrogens is 506 g/mol. The molecule has 0 saturated carbocycles. The Bertz CT molecular complexity index is 1350. The van der Waals surface area contributed by atoms with E-state index in [4.69, 9.17) is 9.47 Å². The predicted octanol–water partition coefficient (Wildman–Crippen LogP) is 4.90. The molecular formula is C24H20BrN3O4S. The largest absolute Gasteiger partial charge is 0.497 e. The minimum absolute atomic E-state index is 0.0564. The number of para-hydroxylation sites is 1. The lowest BCUT2D eigenvalue weighted by atomic mass is 10.2. The van der Waals surface area contributed by atoms with E-state index >= 15 is 0 Å². The van der Waals surface area contributed by atoms with Gasteiger partial charge in [-0.1, -0.05) is 39.8 Å². The lowest BCUT2D eigenvalue weighted by Gasteiger charge is -2.14. The molecule has 1 aromatic heterocycles. The molecule has 0 spiro atoms. The van der Waals surface area contributed by atoms with Gasteiger partial charge in [-0.25, -0.2) is 4.98 Å². The van der Waals surface area contributed by atoms with Gasteiger partial charge in [0.2, 0.25) is 5.91 Å². The van der Waals surface area contributed by atoms with Gasteiger partial charge in [-0.3, -0.25) is 14.2 Å². The average Bonchev–Trinajstić information content (AvgIpc) is 2.83. The monoisotopic (exact) mass is 525 g/mol. The van der Waals surface area contributed by atoms with Crippen molar-refractivity contribution in [2.75, 3.05) is 25.3 Å². The van der Waals surface area contributed by atoms with Crippen molar-refractivity contribution in [1.29, 1.82) is 0 Å². The van der Waals surface area contributed by atoms with Crippen molar-refractivity contribution >= 4 is 50.2 Å². The van der Waals surface area contributed by atoms with Crippen LogP contribution in [0.5, 0.6) is 11.5 Å². The zero-order chi connectivity index (χ0) is 23.4. The smallest absolute Gasteiger partial charge is 0.266 e. The maximum Gasteiger partial charge on any atom is 0.266 e. The second-order valence-electron chi connectivity index (χ2n) is 6.97. The number of ether oxygens (including phenoxy) is 2. The molecule has 7 nitrogen and oxygen atoms in total. The summed E-state index contributed by atoms with van der Waals surface area (Å²) < 4.78 is 12.9. The van der Waals surface area contributed by atoms with Crippen LogP contribution in [0.3, 0.4) is 0 Å². The minimum Gasteiger partial charge on any atom is -0.497 e. The number of carbonyl (C=O) groups is 1. The fourth-order valence-electron chi connectivity index (χ4n) is 3.23. The highest BCUT2D eigenvalue weighted by molar-refractivity contribution is 9.10. The number of carbonyl (C=O) groups excluding carboxylic acids is 1.